The highest BCUT2D eigenvalue weighted by atomic mass is 19.4. The van der Waals surface area contributed by atoms with Crippen LogP contribution in [-0.4, -0.2) is 25.5 Å². The normalized spacial score (nSPS) is 12.8. The van der Waals surface area contributed by atoms with Crippen LogP contribution in [0, 0.1) is 5.92 Å². The van der Waals surface area contributed by atoms with E-state index in [1.807, 2.05) is 0 Å². The van der Waals surface area contributed by atoms with Gasteiger partial charge in [-0.15, -0.1) is 13.2 Å². The van der Waals surface area contributed by atoms with Crippen molar-refractivity contribution in [3.05, 3.63) is 29.8 Å². The molecule has 0 aliphatic carbocycles. The molecule has 0 aliphatic heterocycles. The first kappa shape index (κ1) is 17.3. The van der Waals surface area contributed by atoms with E-state index in [-0.39, 0.29) is 17.6 Å². The summed E-state index contributed by atoms with van der Waals surface area (Å²) in [7, 11) is 0. The van der Waals surface area contributed by atoms with E-state index in [4.69, 9.17) is 4.74 Å². The number of alkyl halides is 3. The molecule has 0 radical (unpaired) electrons. The van der Waals surface area contributed by atoms with Crippen molar-refractivity contribution in [1.29, 1.82) is 0 Å². The molecule has 7 heteroatoms. The highest BCUT2D eigenvalue weighted by Gasteiger charge is 2.30. The van der Waals surface area contributed by atoms with E-state index in [1.165, 1.54) is 24.3 Å². The lowest BCUT2D eigenvalue weighted by Gasteiger charge is -2.12. The Morgan fingerprint density at radius 2 is 1.90 bits per heavy atom. The Bertz CT molecular complexity index is 446. The Morgan fingerprint density at radius 3 is 2.43 bits per heavy atom. The minimum Gasteiger partial charge on any atom is -0.466 e. The Balaban J connectivity index is 2.38. The topological polar surface area (TPSA) is 47.6 Å². The highest BCUT2D eigenvalue weighted by Crippen LogP contribution is 2.22. The zero-order chi connectivity index (χ0) is 15.9. The second-order valence-corrected chi connectivity index (χ2v) is 4.48. The average molecular weight is 305 g/mol. The van der Waals surface area contributed by atoms with Crippen LogP contribution in [0.3, 0.4) is 0 Å². The zero-order valence-corrected chi connectivity index (χ0v) is 11.9. The fraction of sp³-hybridized carbons (Fsp3) is 0.500. The standard InChI is InChI=1S/C14H18F3NO3/c1-3-20-13(19)10(2)8-18-9-11-4-6-12(7-5-11)21-14(15,16)17/h4-7,10,18H,3,8-9H2,1-2H3. The summed E-state index contributed by atoms with van der Waals surface area (Å²) in [6, 6.07) is 5.56. The van der Waals surface area contributed by atoms with Gasteiger partial charge in [0, 0.05) is 13.1 Å². The van der Waals surface area contributed by atoms with E-state index in [1.54, 1.807) is 13.8 Å². The van der Waals surface area contributed by atoms with Crippen molar-refractivity contribution in [2.45, 2.75) is 26.8 Å². The predicted molar refractivity (Wildman–Crippen MR) is 70.6 cm³/mol. The molecule has 1 aromatic rings. The van der Waals surface area contributed by atoms with E-state index in [0.717, 1.165) is 5.56 Å². The van der Waals surface area contributed by atoms with Gasteiger partial charge in [0.25, 0.3) is 0 Å². The number of hydrogen-bond donors (Lipinski definition) is 1. The van der Waals surface area contributed by atoms with Gasteiger partial charge in [0.05, 0.1) is 12.5 Å². The lowest BCUT2D eigenvalue weighted by molar-refractivity contribution is -0.274. The minimum absolute atomic E-state index is 0.258. The first-order chi connectivity index (χ1) is 9.81. The third-order valence-corrected chi connectivity index (χ3v) is 2.63. The van der Waals surface area contributed by atoms with Crippen LogP contribution < -0.4 is 10.1 Å². The van der Waals surface area contributed by atoms with Crippen molar-refractivity contribution >= 4 is 5.97 Å². The van der Waals surface area contributed by atoms with E-state index in [9.17, 15) is 18.0 Å². The molecule has 1 unspecified atom stereocenters. The van der Waals surface area contributed by atoms with Crippen LogP contribution in [-0.2, 0) is 16.1 Å². The summed E-state index contributed by atoms with van der Waals surface area (Å²) in [5, 5.41) is 3.04. The molecule has 4 nitrogen and oxygen atoms in total. The number of carbonyl (C=O) groups excluding carboxylic acids is 1. The minimum atomic E-state index is -4.69. The number of benzene rings is 1. The predicted octanol–water partition coefficient (Wildman–Crippen LogP) is 2.87. The van der Waals surface area contributed by atoms with Gasteiger partial charge < -0.3 is 14.8 Å². The van der Waals surface area contributed by atoms with Crippen LogP contribution in [0.25, 0.3) is 0 Å². The van der Waals surface area contributed by atoms with E-state index >= 15 is 0 Å². The lowest BCUT2D eigenvalue weighted by atomic mass is 10.1. The molecule has 0 aliphatic rings. The summed E-state index contributed by atoms with van der Waals surface area (Å²) in [6.45, 7) is 4.69. The zero-order valence-electron chi connectivity index (χ0n) is 11.9. The van der Waals surface area contributed by atoms with Crippen molar-refractivity contribution in [3.8, 4) is 5.75 Å². The molecule has 0 aromatic heterocycles. The van der Waals surface area contributed by atoms with Crippen molar-refractivity contribution in [2.75, 3.05) is 13.2 Å². The fourth-order valence-corrected chi connectivity index (χ4v) is 1.61. The van der Waals surface area contributed by atoms with Crippen molar-refractivity contribution in [1.82, 2.24) is 5.32 Å². The van der Waals surface area contributed by atoms with E-state index in [0.29, 0.717) is 19.7 Å². The quantitative estimate of drug-likeness (QED) is 0.787. The molecule has 1 N–H and O–H groups in total. The first-order valence-electron chi connectivity index (χ1n) is 6.54. The molecule has 1 rings (SSSR count). The Morgan fingerprint density at radius 1 is 1.29 bits per heavy atom. The molecule has 1 aromatic carbocycles. The molecule has 21 heavy (non-hydrogen) atoms. The second kappa shape index (κ2) is 7.87. The van der Waals surface area contributed by atoms with Gasteiger partial charge in [-0.2, -0.15) is 0 Å². The van der Waals surface area contributed by atoms with Gasteiger partial charge in [-0.25, -0.2) is 0 Å². The number of halogens is 3. The largest absolute Gasteiger partial charge is 0.573 e. The second-order valence-electron chi connectivity index (χ2n) is 4.48. The molecule has 0 saturated heterocycles. The number of esters is 1. The van der Waals surface area contributed by atoms with Gasteiger partial charge in [0.15, 0.2) is 0 Å². The summed E-state index contributed by atoms with van der Waals surface area (Å²) in [4.78, 5) is 11.4. The van der Waals surface area contributed by atoms with Crippen molar-refractivity contribution < 1.29 is 27.4 Å². The van der Waals surface area contributed by atoms with Crippen molar-refractivity contribution in [2.24, 2.45) is 5.92 Å². The molecule has 118 valence electrons. The number of rotatable bonds is 7. The number of hydrogen-bond acceptors (Lipinski definition) is 4. The van der Waals surface area contributed by atoms with Crippen LogP contribution in [0.5, 0.6) is 5.75 Å². The molecule has 0 saturated carbocycles. The summed E-state index contributed by atoms with van der Waals surface area (Å²) in [6.07, 6.45) is -4.69. The molecule has 0 spiro atoms. The molecule has 0 amide bonds. The lowest BCUT2D eigenvalue weighted by Crippen LogP contribution is -2.27. The average Bonchev–Trinajstić information content (AvgIpc) is 2.39. The SMILES string of the molecule is CCOC(=O)C(C)CNCc1ccc(OC(F)(F)F)cc1. The summed E-state index contributed by atoms with van der Waals surface area (Å²) in [5.41, 5.74) is 0.792. The maximum absolute atomic E-state index is 12.0. The molecule has 0 fully saturated rings. The Kier molecular flexibility index (Phi) is 6.48. The summed E-state index contributed by atoms with van der Waals surface area (Å²) in [5.74, 6) is -0.817. The maximum Gasteiger partial charge on any atom is 0.573 e. The van der Waals surface area contributed by atoms with Crippen LogP contribution in [0.1, 0.15) is 19.4 Å². The van der Waals surface area contributed by atoms with Crippen LogP contribution in [0.15, 0.2) is 24.3 Å². The van der Waals surface area contributed by atoms with Gasteiger partial charge >= 0.3 is 12.3 Å². The smallest absolute Gasteiger partial charge is 0.466 e. The van der Waals surface area contributed by atoms with Gasteiger partial charge in [-0.3, -0.25) is 4.79 Å². The summed E-state index contributed by atoms with van der Waals surface area (Å²) < 4.78 is 44.6. The molecular formula is C14H18F3NO3. The van der Waals surface area contributed by atoms with Gasteiger partial charge in [0.2, 0.25) is 0 Å². The number of carbonyl (C=O) groups is 1. The molecule has 0 bridgehead atoms. The van der Waals surface area contributed by atoms with Crippen LogP contribution in [0.4, 0.5) is 13.2 Å². The monoisotopic (exact) mass is 305 g/mol. The third kappa shape index (κ3) is 6.99. The van der Waals surface area contributed by atoms with E-state index in [2.05, 4.69) is 10.1 Å². The molecule has 1 atom stereocenters. The van der Waals surface area contributed by atoms with Gasteiger partial charge in [-0.1, -0.05) is 19.1 Å². The fourth-order valence-electron chi connectivity index (χ4n) is 1.61. The first-order valence-corrected chi connectivity index (χ1v) is 6.54. The molecular weight excluding hydrogens is 287 g/mol. The maximum atomic E-state index is 12.0. The highest BCUT2D eigenvalue weighted by molar-refractivity contribution is 5.72. The summed E-state index contributed by atoms with van der Waals surface area (Å²) >= 11 is 0. The Labute approximate surface area is 121 Å². The molecule has 0 heterocycles. The van der Waals surface area contributed by atoms with Crippen LogP contribution in [0.2, 0.25) is 0 Å². The van der Waals surface area contributed by atoms with Gasteiger partial charge in [0.1, 0.15) is 5.75 Å². The Hall–Kier alpha value is -1.76. The number of nitrogens with one attached hydrogen (secondary N) is 1. The van der Waals surface area contributed by atoms with Gasteiger partial charge in [-0.05, 0) is 24.6 Å². The third-order valence-electron chi connectivity index (χ3n) is 2.63. The van der Waals surface area contributed by atoms with E-state index < -0.39 is 6.36 Å². The van der Waals surface area contributed by atoms with Crippen LogP contribution >= 0.6 is 0 Å². The number of ether oxygens (including phenoxy) is 2. The van der Waals surface area contributed by atoms with Crippen molar-refractivity contribution in [3.63, 3.8) is 0 Å².